The maximum absolute atomic E-state index is 12.3. The number of methoxy groups -OCH3 is 1. The first kappa shape index (κ1) is 22.7. The number of benzene rings is 2. The molecule has 0 spiro atoms. The van der Waals surface area contributed by atoms with Crippen LogP contribution < -0.4 is 20.1 Å². The van der Waals surface area contributed by atoms with Crippen molar-refractivity contribution in [2.45, 2.75) is 11.4 Å². The number of guanidine groups is 1. The van der Waals surface area contributed by atoms with Gasteiger partial charge in [0.1, 0.15) is 12.4 Å². The molecule has 0 aromatic heterocycles. The van der Waals surface area contributed by atoms with E-state index in [1.54, 1.807) is 25.2 Å². The Morgan fingerprint density at radius 2 is 1.79 bits per heavy atom. The second kappa shape index (κ2) is 12.1. The molecule has 0 heterocycles. The smallest absolute Gasteiger partial charge is 0.240 e. The lowest BCUT2D eigenvalue weighted by molar-refractivity contribution is 0.204. The van der Waals surface area contributed by atoms with Crippen molar-refractivity contribution in [3.8, 4) is 5.75 Å². The van der Waals surface area contributed by atoms with Crippen molar-refractivity contribution < 1.29 is 17.9 Å². The molecule has 8 nitrogen and oxygen atoms in total. The summed E-state index contributed by atoms with van der Waals surface area (Å²) in [5.74, 6) is 1.42. The summed E-state index contributed by atoms with van der Waals surface area (Å²) in [5, 5.41) is 6.32. The molecule has 9 heteroatoms. The van der Waals surface area contributed by atoms with Gasteiger partial charge < -0.3 is 20.1 Å². The normalized spacial score (nSPS) is 11.9. The minimum Gasteiger partial charge on any atom is -0.492 e. The van der Waals surface area contributed by atoms with Crippen molar-refractivity contribution >= 4 is 16.0 Å². The number of sulfonamides is 1. The Morgan fingerprint density at radius 1 is 1.00 bits per heavy atom. The maximum Gasteiger partial charge on any atom is 0.240 e. The van der Waals surface area contributed by atoms with Crippen LogP contribution in [0.5, 0.6) is 5.75 Å². The van der Waals surface area contributed by atoms with E-state index in [9.17, 15) is 8.42 Å². The highest BCUT2D eigenvalue weighted by Gasteiger charge is 2.13. The van der Waals surface area contributed by atoms with E-state index in [2.05, 4.69) is 20.3 Å². The molecule has 0 amide bonds. The van der Waals surface area contributed by atoms with Gasteiger partial charge in [-0.05, 0) is 29.8 Å². The first-order valence-electron chi connectivity index (χ1n) is 9.25. The van der Waals surface area contributed by atoms with Crippen LogP contribution in [0.25, 0.3) is 0 Å². The molecule has 0 aliphatic heterocycles. The van der Waals surface area contributed by atoms with Crippen molar-refractivity contribution in [2.75, 3.05) is 40.5 Å². The van der Waals surface area contributed by atoms with E-state index >= 15 is 0 Å². The lowest BCUT2D eigenvalue weighted by Crippen LogP contribution is -2.38. The molecule has 2 aromatic carbocycles. The fourth-order valence-corrected chi connectivity index (χ4v) is 3.53. The molecule has 29 heavy (non-hydrogen) atoms. The van der Waals surface area contributed by atoms with Gasteiger partial charge in [0.15, 0.2) is 5.96 Å². The van der Waals surface area contributed by atoms with E-state index in [4.69, 9.17) is 9.47 Å². The molecular formula is C20H28N4O4S. The molecule has 2 aromatic rings. The quantitative estimate of drug-likeness (QED) is 0.288. The molecule has 2 rings (SSSR count). The average Bonchev–Trinajstić information content (AvgIpc) is 2.74. The second-order valence-electron chi connectivity index (χ2n) is 6.05. The number of rotatable bonds is 11. The lowest BCUT2D eigenvalue weighted by Gasteiger charge is -2.13. The number of hydrogen-bond acceptors (Lipinski definition) is 5. The number of nitrogens with zero attached hydrogens (tertiary/aromatic N) is 1. The Balaban J connectivity index is 1.81. The molecule has 0 aliphatic rings. The zero-order chi connectivity index (χ0) is 21.0. The first-order valence-corrected chi connectivity index (χ1v) is 10.7. The van der Waals surface area contributed by atoms with E-state index in [-0.39, 0.29) is 11.4 Å². The van der Waals surface area contributed by atoms with Gasteiger partial charge in [0, 0.05) is 27.2 Å². The van der Waals surface area contributed by atoms with Crippen LogP contribution in [0.2, 0.25) is 0 Å². The molecule has 0 aliphatic carbocycles. The summed E-state index contributed by atoms with van der Waals surface area (Å²) in [6.45, 7) is 2.04. The number of para-hydroxylation sites is 1. The molecule has 0 bridgehead atoms. The van der Waals surface area contributed by atoms with Crippen molar-refractivity contribution in [2.24, 2.45) is 4.99 Å². The van der Waals surface area contributed by atoms with Gasteiger partial charge in [-0.2, -0.15) is 0 Å². The van der Waals surface area contributed by atoms with Gasteiger partial charge in [-0.25, -0.2) is 13.1 Å². The van der Waals surface area contributed by atoms with E-state index in [1.165, 1.54) is 7.11 Å². The summed E-state index contributed by atoms with van der Waals surface area (Å²) in [6.07, 6.45) is 0. The zero-order valence-electron chi connectivity index (χ0n) is 16.7. The fraction of sp³-hybridized carbons (Fsp3) is 0.350. The topological polar surface area (TPSA) is 101 Å². The van der Waals surface area contributed by atoms with Crippen LogP contribution >= 0.6 is 0 Å². The highest BCUT2D eigenvalue weighted by Crippen LogP contribution is 2.11. The molecule has 0 unspecified atom stereocenters. The SMILES string of the molecule is CN=C(NCCOc1ccccc1)NCc1cccc(S(=O)(=O)NCCOC)c1. The summed E-state index contributed by atoms with van der Waals surface area (Å²) in [6, 6.07) is 16.3. The predicted octanol–water partition coefficient (Wildman–Crippen LogP) is 1.36. The lowest BCUT2D eigenvalue weighted by atomic mass is 10.2. The molecule has 3 N–H and O–H groups in total. The van der Waals surface area contributed by atoms with E-state index in [1.807, 2.05) is 36.4 Å². The van der Waals surface area contributed by atoms with Crippen molar-refractivity contribution in [1.82, 2.24) is 15.4 Å². The Hall–Kier alpha value is -2.62. The van der Waals surface area contributed by atoms with Crippen LogP contribution in [-0.4, -0.2) is 54.8 Å². The summed E-state index contributed by atoms with van der Waals surface area (Å²) in [4.78, 5) is 4.38. The molecule has 0 radical (unpaired) electrons. The summed E-state index contributed by atoms with van der Waals surface area (Å²) in [7, 11) is -0.366. The minimum atomic E-state index is -3.56. The second-order valence-corrected chi connectivity index (χ2v) is 7.82. The number of aliphatic imine (C=N–C) groups is 1. The summed E-state index contributed by atoms with van der Waals surface area (Å²) in [5.41, 5.74) is 0.822. The largest absolute Gasteiger partial charge is 0.492 e. The molecule has 0 atom stereocenters. The van der Waals surface area contributed by atoms with Crippen LogP contribution in [0, 0.1) is 0 Å². The van der Waals surface area contributed by atoms with Gasteiger partial charge in [0.05, 0.1) is 18.0 Å². The van der Waals surface area contributed by atoms with E-state index < -0.39 is 10.0 Å². The maximum atomic E-state index is 12.3. The molecule has 0 saturated carbocycles. The van der Waals surface area contributed by atoms with Crippen molar-refractivity contribution in [3.63, 3.8) is 0 Å². The third-order valence-corrected chi connectivity index (χ3v) is 5.36. The average molecular weight is 421 g/mol. The Morgan fingerprint density at radius 3 is 2.52 bits per heavy atom. The first-order chi connectivity index (χ1) is 14.0. The van der Waals surface area contributed by atoms with Gasteiger partial charge >= 0.3 is 0 Å². The Kier molecular flexibility index (Phi) is 9.42. The van der Waals surface area contributed by atoms with Crippen molar-refractivity contribution in [1.29, 1.82) is 0 Å². The van der Waals surface area contributed by atoms with Gasteiger partial charge in [0.2, 0.25) is 10.0 Å². The van der Waals surface area contributed by atoms with E-state index in [0.717, 1.165) is 11.3 Å². The highest BCUT2D eigenvalue weighted by atomic mass is 32.2. The van der Waals surface area contributed by atoms with Crippen molar-refractivity contribution in [3.05, 3.63) is 60.2 Å². The summed E-state index contributed by atoms with van der Waals surface area (Å²) >= 11 is 0. The van der Waals surface area contributed by atoms with Gasteiger partial charge in [-0.15, -0.1) is 0 Å². The molecule has 0 saturated heterocycles. The van der Waals surface area contributed by atoms with Crippen LogP contribution in [0.4, 0.5) is 0 Å². The molecule has 158 valence electrons. The van der Waals surface area contributed by atoms with E-state index in [0.29, 0.717) is 32.3 Å². The number of hydrogen-bond donors (Lipinski definition) is 3. The number of nitrogens with one attached hydrogen (secondary N) is 3. The van der Waals surface area contributed by atoms with Crippen LogP contribution in [0.3, 0.4) is 0 Å². The van der Waals surface area contributed by atoms with Crippen LogP contribution in [-0.2, 0) is 21.3 Å². The predicted molar refractivity (Wildman–Crippen MR) is 114 cm³/mol. The van der Waals surface area contributed by atoms with Crippen LogP contribution in [0.15, 0.2) is 64.5 Å². The molecule has 0 fully saturated rings. The Bertz CT molecular complexity index is 873. The third-order valence-electron chi connectivity index (χ3n) is 3.90. The van der Waals surface area contributed by atoms with Gasteiger partial charge in [-0.1, -0.05) is 30.3 Å². The van der Waals surface area contributed by atoms with Crippen LogP contribution in [0.1, 0.15) is 5.56 Å². The van der Waals surface area contributed by atoms with Gasteiger partial charge in [0.25, 0.3) is 0 Å². The van der Waals surface area contributed by atoms with Gasteiger partial charge in [-0.3, -0.25) is 4.99 Å². The number of ether oxygens (including phenoxy) is 2. The zero-order valence-corrected chi connectivity index (χ0v) is 17.5. The fourth-order valence-electron chi connectivity index (χ4n) is 2.45. The minimum absolute atomic E-state index is 0.215. The standard InChI is InChI=1S/C20H28N4O4S/c1-21-20(22-11-14-28-18-8-4-3-5-9-18)23-16-17-7-6-10-19(15-17)29(25,26)24-12-13-27-2/h3-10,15,24H,11-14,16H2,1-2H3,(H2,21,22,23). The third kappa shape index (κ3) is 8.10. The highest BCUT2D eigenvalue weighted by molar-refractivity contribution is 7.89. The molecular weight excluding hydrogens is 392 g/mol. The summed E-state index contributed by atoms with van der Waals surface area (Å²) < 4.78 is 37.6. The monoisotopic (exact) mass is 420 g/mol. The Labute approximate surface area is 172 Å².